The number of ether oxygens (including phenoxy) is 1. The van der Waals surface area contributed by atoms with E-state index in [-0.39, 0.29) is 11.6 Å². The number of aromatic nitrogens is 2. The smallest absolute Gasteiger partial charge is 0.275 e. The fourth-order valence-corrected chi connectivity index (χ4v) is 2.98. The topological polar surface area (TPSA) is 76.1 Å². The summed E-state index contributed by atoms with van der Waals surface area (Å²) in [5.74, 6) is 0.878. The van der Waals surface area contributed by atoms with Crippen LogP contribution in [0.1, 0.15) is 21.6 Å². The lowest BCUT2D eigenvalue weighted by Gasteiger charge is -2.11. The monoisotopic (exact) mass is 382 g/mol. The summed E-state index contributed by atoms with van der Waals surface area (Å²) in [4.78, 5) is 20.9. The SMILES string of the molecule is COc1cccc(Nc2cnc(C(=O)Nc3c(C)cc(C)cc3Cl)cn2)c1. The molecule has 0 aliphatic rings. The standard InChI is InChI=1S/C20H19ClN4O2/c1-12-7-13(2)19(16(21)8-12)25-20(26)17-10-23-18(11-22-17)24-14-5-4-6-15(9-14)27-3/h4-11H,1-3H3,(H,23,24)(H,25,26). The average Bonchev–Trinajstić information content (AvgIpc) is 2.65. The van der Waals surface area contributed by atoms with E-state index in [0.717, 1.165) is 22.6 Å². The number of nitrogens with one attached hydrogen (secondary N) is 2. The number of amides is 1. The Labute approximate surface area is 162 Å². The predicted octanol–water partition coefficient (Wildman–Crippen LogP) is 4.75. The summed E-state index contributed by atoms with van der Waals surface area (Å²) in [7, 11) is 1.61. The number of aryl methyl sites for hydroxylation is 2. The maximum atomic E-state index is 12.4. The quantitative estimate of drug-likeness (QED) is 0.665. The zero-order chi connectivity index (χ0) is 19.4. The molecule has 0 radical (unpaired) electrons. The van der Waals surface area contributed by atoms with Crippen molar-refractivity contribution in [2.45, 2.75) is 13.8 Å². The second-order valence-corrected chi connectivity index (χ2v) is 6.44. The summed E-state index contributed by atoms with van der Waals surface area (Å²) >= 11 is 6.24. The maximum Gasteiger partial charge on any atom is 0.275 e. The van der Waals surface area contributed by atoms with Crippen molar-refractivity contribution in [1.29, 1.82) is 0 Å². The zero-order valence-electron chi connectivity index (χ0n) is 15.2. The molecule has 0 saturated carbocycles. The van der Waals surface area contributed by atoms with Gasteiger partial charge in [0, 0.05) is 11.8 Å². The molecule has 1 aromatic heterocycles. The Bertz CT molecular complexity index is 951. The molecule has 6 nitrogen and oxygen atoms in total. The van der Waals surface area contributed by atoms with Gasteiger partial charge >= 0.3 is 0 Å². The van der Waals surface area contributed by atoms with Gasteiger partial charge in [-0.2, -0.15) is 0 Å². The maximum absolute atomic E-state index is 12.4. The number of anilines is 3. The van der Waals surface area contributed by atoms with Crippen LogP contribution in [0.5, 0.6) is 5.75 Å². The Morgan fingerprint density at radius 1 is 1.11 bits per heavy atom. The summed E-state index contributed by atoms with van der Waals surface area (Å²) in [6.07, 6.45) is 2.91. The van der Waals surface area contributed by atoms with Crippen molar-refractivity contribution in [3.8, 4) is 5.75 Å². The van der Waals surface area contributed by atoms with E-state index in [1.54, 1.807) is 13.2 Å². The summed E-state index contributed by atoms with van der Waals surface area (Å²) in [5.41, 5.74) is 3.50. The molecule has 27 heavy (non-hydrogen) atoms. The number of methoxy groups -OCH3 is 1. The van der Waals surface area contributed by atoms with Gasteiger partial charge < -0.3 is 15.4 Å². The lowest BCUT2D eigenvalue weighted by Crippen LogP contribution is -2.15. The Balaban J connectivity index is 1.72. The van der Waals surface area contributed by atoms with Crippen molar-refractivity contribution < 1.29 is 9.53 Å². The molecular formula is C20H19ClN4O2. The van der Waals surface area contributed by atoms with Gasteiger partial charge in [0.05, 0.1) is 30.2 Å². The summed E-state index contributed by atoms with van der Waals surface area (Å²) in [6, 6.07) is 11.2. The molecule has 0 aliphatic carbocycles. The fraction of sp³-hybridized carbons (Fsp3) is 0.150. The van der Waals surface area contributed by atoms with Crippen molar-refractivity contribution in [2.24, 2.45) is 0 Å². The summed E-state index contributed by atoms with van der Waals surface area (Å²) in [6.45, 7) is 3.84. The molecule has 3 rings (SSSR count). The molecule has 1 amide bonds. The third-order valence-corrected chi connectivity index (χ3v) is 4.19. The Morgan fingerprint density at radius 2 is 1.93 bits per heavy atom. The van der Waals surface area contributed by atoms with E-state index in [0.29, 0.717) is 16.5 Å². The van der Waals surface area contributed by atoms with Gasteiger partial charge in [0.2, 0.25) is 0 Å². The molecule has 0 spiro atoms. The van der Waals surface area contributed by atoms with Gasteiger partial charge in [0.1, 0.15) is 17.3 Å². The molecule has 2 N–H and O–H groups in total. The van der Waals surface area contributed by atoms with Crippen LogP contribution in [0.2, 0.25) is 5.02 Å². The first kappa shape index (κ1) is 18.7. The van der Waals surface area contributed by atoms with Crippen molar-refractivity contribution in [3.05, 3.63) is 70.6 Å². The first-order valence-electron chi connectivity index (χ1n) is 8.27. The molecule has 138 valence electrons. The van der Waals surface area contributed by atoms with Crippen molar-refractivity contribution >= 4 is 34.7 Å². The van der Waals surface area contributed by atoms with Gasteiger partial charge in [0.15, 0.2) is 0 Å². The van der Waals surface area contributed by atoms with E-state index in [1.165, 1.54) is 12.4 Å². The summed E-state index contributed by atoms with van der Waals surface area (Å²) in [5, 5.41) is 6.40. The Kier molecular flexibility index (Phi) is 5.57. The molecule has 3 aromatic rings. The van der Waals surface area contributed by atoms with Crippen LogP contribution in [0.25, 0.3) is 0 Å². The molecule has 0 unspecified atom stereocenters. The van der Waals surface area contributed by atoms with Crippen LogP contribution in [0.4, 0.5) is 17.2 Å². The van der Waals surface area contributed by atoms with Crippen LogP contribution in [0.3, 0.4) is 0 Å². The minimum absolute atomic E-state index is 0.197. The van der Waals surface area contributed by atoms with Crippen LogP contribution in [-0.2, 0) is 0 Å². The van der Waals surface area contributed by atoms with Crippen LogP contribution < -0.4 is 15.4 Å². The van der Waals surface area contributed by atoms with Crippen molar-refractivity contribution in [1.82, 2.24) is 9.97 Å². The number of hydrogen-bond donors (Lipinski definition) is 2. The Hall–Kier alpha value is -3.12. The molecule has 0 aliphatic heterocycles. The van der Waals surface area contributed by atoms with Gasteiger partial charge in [-0.1, -0.05) is 23.7 Å². The van der Waals surface area contributed by atoms with Crippen molar-refractivity contribution in [3.63, 3.8) is 0 Å². The number of benzene rings is 2. The first-order chi connectivity index (χ1) is 13.0. The normalized spacial score (nSPS) is 10.4. The third-order valence-electron chi connectivity index (χ3n) is 3.90. The van der Waals surface area contributed by atoms with Crippen LogP contribution >= 0.6 is 11.6 Å². The fourth-order valence-electron chi connectivity index (χ4n) is 2.61. The molecule has 1 heterocycles. The van der Waals surface area contributed by atoms with Gasteiger partial charge in [-0.3, -0.25) is 4.79 Å². The van der Waals surface area contributed by atoms with E-state index < -0.39 is 0 Å². The second kappa shape index (κ2) is 8.05. The largest absolute Gasteiger partial charge is 0.497 e. The van der Waals surface area contributed by atoms with E-state index in [2.05, 4.69) is 20.6 Å². The predicted molar refractivity (Wildman–Crippen MR) is 107 cm³/mol. The van der Waals surface area contributed by atoms with E-state index >= 15 is 0 Å². The number of carbonyl (C=O) groups excluding carboxylic acids is 1. The molecule has 7 heteroatoms. The highest BCUT2D eigenvalue weighted by molar-refractivity contribution is 6.34. The lowest BCUT2D eigenvalue weighted by atomic mass is 10.1. The van der Waals surface area contributed by atoms with E-state index in [4.69, 9.17) is 16.3 Å². The average molecular weight is 383 g/mol. The number of carbonyl (C=O) groups is 1. The van der Waals surface area contributed by atoms with Crippen LogP contribution in [0, 0.1) is 13.8 Å². The number of rotatable bonds is 5. The highest BCUT2D eigenvalue weighted by atomic mass is 35.5. The van der Waals surface area contributed by atoms with E-state index in [9.17, 15) is 4.79 Å². The number of halogens is 1. The molecule has 0 fully saturated rings. The minimum Gasteiger partial charge on any atom is -0.497 e. The highest BCUT2D eigenvalue weighted by Gasteiger charge is 2.13. The van der Waals surface area contributed by atoms with E-state index in [1.807, 2.05) is 44.2 Å². The van der Waals surface area contributed by atoms with Gasteiger partial charge in [0.25, 0.3) is 5.91 Å². The van der Waals surface area contributed by atoms with Gasteiger partial charge in [-0.15, -0.1) is 0 Å². The van der Waals surface area contributed by atoms with Gasteiger partial charge in [-0.25, -0.2) is 9.97 Å². The molecular weight excluding hydrogens is 364 g/mol. The number of nitrogens with zero attached hydrogens (tertiary/aromatic N) is 2. The lowest BCUT2D eigenvalue weighted by molar-refractivity contribution is 0.102. The summed E-state index contributed by atoms with van der Waals surface area (Å²) < 4.78 is 5.19. The number of hydrogen-bond acceptors (Lipinski definition) is 5. The van der Waals surface area contributed by atoms with Crippen LogP contribution in [-0.4, -0.2) is 23.0 Å². The highest BCUT2D eigenvalue weighted by Crippen LogP contribution is 2.27. The minimum atomic E-state index is -0.371. The van der Waals surface area contributed by atoms with Gasteiger partial charge in [-0.05, 0) is 43.2 Å². The zero-order valence-corrected chi connectivity index (χ0v) is 16.0. The second-order valence-electron chi connectivity index (χ2n) is 6.04. The first-order valence-corrected chi connectivity index (χ1v) is 8.65. The molecule has 0 atom stereocenters. The third kappa shape index (κ3) is 4.54. The molecule has 0 saturated heterocycles. The Morgan fingerprint density at radius 3 is 2.59 bits per heavy atom. The van der Waals surface area contributed by atoms with Crippen LogP contribution in [0.15, 0.2) is 48.8 Å². The van der Waals surface area contributed by atoms with Crippen molar-refractivity contribution in [2.75, 3.05) is 17.7 Å². The molecule has 0 bridgehead atoms. The molecule has 2 aromatic carbocycles.